The molecule has 1 aliphatic heterocycles. The predicted molar refractivity (Wildman–Crippen MR) is 217 cm³/mol. The van der Waals surface area contributed by atoms with Crippen LogP contribution in [0.15, 0.2) is 77.2 Å². The molecule has 4 aromatic rings. The zero-order valence-corrected chi connectivity index (χ0v) is 33.8. The molecule has 0 radical (unpaired) electrons. The van der Waals surface area contributed by atoms with Gasteiger partial charge in [-0.3, -0.25) is 19.1 Å². The highest BCUT2D eigenvalue weighted by molar-refractivity contribution is 7.91. The second-order valence-electron chi connectivity index (χ2n) is 17.2. The lowest BCUT2D eigenvalue weighted by atomic mass is 9.85. The van der Waals surface area contributed by atoms with Crippen LogP contribution in [0.5, 0.6) is 5.75 Å². The van der Waals surface area contributed by atoms with Gasteiger partial charge >= 0.3 is 6.09 Å². The lowest BCUT2D eigenvalue weighted by Gasteiger charge is -2.27. The largest absolute Gasteiger partial charge is 0.486 e. The van der Waals surface area contributed by atoms with Gasteiger partial charge in [0.1, 0.15) is 28.3 Å². The van der Waals surface area contributed by atoms with Gasteiger partial charge in [0.2, 0.25) is 15.9 Å². The van der Waals surface area contributed by atoms with Crippen LogP contribution < -0.4 is 20.1 Å². The molecule has 3 amide bonds. The molecule has 1 unspecified atom stereocenters. The minimum atomic E-state index is -3.90. The van der Waals surface area contributed by atoms with Crippen molar-refractivity contribution in [3.63, 3.8) is 0 Å². The van der Waals surface area contributed by atoms with Crippen LogP contribution in [0.1, 0.15) is 85.0 Å². The van der Waals surface area contributed by atoms with Gasteiger partial charge in [0.25, 0.3) is 5.91 Å². The third kappa shape index (κ3) is 8.34. The number of hydrogen-bond acceptors (Lipinski definition) is 10. The Morgan fingerprint density at radius 1 is 0.948 bits per heavy atom. The van der Waals surface area contributed by atoms with Gasteiger partial charge in [0.05, 0.1) is 22.9 Å². The number of para-hydroxylation sites is 1. The maximum absolute atomic E-state index is 14.7. The number of furan rings is 1. The van der Waals surface area contributed by atoms with E-state index in [0.29, 0.717) is 60.2 Å². The van der Waals surface area contributed by atoms with Crippen LogP contribution in [0.2, 0.25) is 0 Å². The number of nitrogens with zero attached hydrogens (tertiary/aromatic N) is 1. The molecule has 13 nitrogen and oxygen atoms in total. The molecule has 58 heavy (non-hydrogen) atoms. The van der Waals surface area contributed by atoms with Crippen molar-refractivity contribution < 1.29 is 41.5 Å². The second-order valence-corrected chi connectivity index (χ2v) is 19.1. The number of benzene rings is 2. The fourth-order valence-electron chi connectivity index (χ4n) is 8.39. The summed E-state index contributed by atoms with van der Waals surface area (Å²) < 4.78 is 46.7. The molecular formula is C44H50N4O9S. The van der Waals surface area contributed by atoms with Crippen LogP contribution in [0.4, 0.5) is 4.79 Å². The molecule has 8 rings (SSSR count). The predicted octanol–water partition coefficient (Wildman–Crippen LogP) is 6.89. The number of alkyl carbamates (subject to hydrolysis) is 1. The molecule has 3 heterocycles. The Bertz CT molecular complexity index is 2380. The highest BCUT2D eigenvalue weighted by atomic mass is 32.2. The van der Waals surface area contributed by atoms with Crippen LogP contribution in [0.3, 0.4) is 0 Å². The molecule has 0 spiro atoms. The Hall–Kier alpha value is -5.24. The number of aromatic nitrogens is 1. The smallest absolute Gasteiger partial charge is 0.408 e. The van der Waals surface area contributed by atoms with Crippen LogP contribution in [-0.2, 0) is 29.1 Å². The topological polar surface area (TPSA) is 183 Å². The summed E-state index contributed by atoms with van der Waals surface area (Å²) in [5.41, 5.74) is 0.878. The SMILES string of the molecule is CC(C)(C)OC(=O)N[C@H]1CCCCC/C=C\[C@H]2C[C@@]2(C(=O)NS(=O)(=O)C2CC2)NC(=O)[C@@H]2C[C@@H](Oc3cc(-c4ccccc4)nc4c3oc3ccccc34)CC2C1=O. The van der Waals surface area contributed by atoms with Crippen molar-refractivity contribution in [2.24, 2.45) is 17.8 Å². The molecule has 3 N–H and O–H groups in total. The van der Waals surface area contributed by atoms with Crippen LogP contribution in [-0.4, -0.2) is 65.6 Å². The summed E-state index contributed by atoms with van der Waals surface area (Å²) in [5.74, 6) is -3.57. The number of hydrogen-bond donors (Lipinski definition) is 3. The van der Waals surface area contributed by atoms with Gasteiger partial charge in [-0.25, -0.2) is 18.2 Å². The summed E-state index contributed by atoms with van der Waals surface area (Å²) in [6.45, 7) is 5.23. The second kappa shape index (κ2) is 15.5. The first-order valence-corrected chi connectivity index (χ1v) is 21.9. The van der Waals surface area contributed by atoms with Gasteiger partial charge in [0, 0.05) is 28.9 Å². The van der Waals surface area contributed by atoms with Gasteiger partial charge in [0.15, 0.2) is 17.1 Å². The van der Waals surface area contributed by atoms with E-state index in [-0.39, 0.29) is 25.0 Å². The van der Waals surface area contributed by atoms with Crippen molar-refractivity contribution in [2.45, 2.75) is 114 Å². The number of carbonyl (C=O) groups excluding carboxylic acids is 4. The van der Waals surface area contributed by atoms with Crippen molar-refractivity contribution >= 4 is 55.8 Å². The van der Waals surface area contributed by atoms with Gasteiger partial charge in [-0.1, -0.05) is 67.5 Å². The summed E-state index contributed by atoms with van der Waals surface area (Å²) in [4.78, 5) is 61.3. The summed E-state index contributed by atoms with van der Waals surface area (Å²) in [7, 11) is -3.90. The Labute approximate surface area is 337 Å². The van der Waals surface area contributed by atoms with E-state index in [1.54, 1.807) is 26.8 Å². The van der Waals surface area contributed by atoms with Crippen LogP contribution >= 0.6 is 0 Å². The monoisotopic (exact) mass is 810 g/mol. The average Bonchev–Trinajstić information content (AvgIpc) is 4.08. The summed E-state index contributed by atoms with van der Waals surface area (Å²) >= 11 is 0. The van der Waals surface area contributed by atoms with Crippen LogP contribution in [0.25, 0.3) is 33.3 Å². The zero-order valence-electron chi connectivity index (χ0n) is 33.0. The number of pyridine rings is 1. The lowest BCUT2D eigenvalue weighted by Crippen LogP contribution is -2.54. The number of fused-ring (bicyclic) bond motifs is 5. The van der Waals surface area contributed by atoms with Gasteiger partial charge in [-0.05, 0) is 84.3 Å². The molecule has 2 aromatic heterocycles. The number of ether oxygens (including phenoxy) is 2. The Morgan fingerprint density at radius 2 is 1.69 bits per heavy atom. The molecule has 2 aromatic carbocycles. The number of nitrogens with one attached hydrogen (secondary N) is 3. The molecule has 3 aliphatic carbocycles. The maximum Gasteiger partial charge on any atom is 0.408 e. The Morgan fingerprint density at radius 3 is 2.45 bits per heavy atom. The highest BCUT2D eigenvalue weighted by Crippen LogP contribution is 2.47. The van der Waals surface area contributed by atoms with E-state index in [9.17, 15) is 27.6 Å². The minimum absolute atomic E-state index is 0.102. The van der Waals surface area contributed by atoms with E-state index in [4.69, 9.17) is 18.9 Å². The van der Waals surface area contributed by atoms with E-state index in [1.165, 1.54) is 0 Å². The third-order valence-corrected chi connectivity index (χ3v) is 13.4. The van der Waals surface area contributed by atoms with Gasteiger partial charge in [-0.2, -0.15) is 0 Å². The summed E-state index contributed by atoms with van der Waals surface area (Å²) in [6.07, 6.45) is 7.10. The molecule has 14 heteroatoms. The zero-order chi connectivity index (χ0) is 40.8. The van der Waals surface area contributed by atoms with Gasteiger partial charge in [-0.15, -0.1) is 0 Å². The first kappa shape index (κ1) is 39.6. The van der Waals surface area contributed by atoms with Crippen molar-refractivity contribution in [2.75, 3.05) is 0 Å². The fourth-order valence-corrected chi connectivity index (χ4v) is 9.75. The summed E-state index contributed by atoms with van der Waals surface area (Å²) in [5, 5.41) is 5.93. The standard InChI is InChI=1S/C44H50N4O9S/c1-43(2,3)57-42(52)46-33-18-11-6-4-5-10-16-27-25-44(27,41(51)48-58(53,54)29-20-21-29)47-40(50)32-23-28(22-31(32)38(33)49)55-36-24-34(26-14-8-7-9-15-26)45-37-30-17-12-13-19-35(30)56-39(36)37/h7-10,12-17,19,24,27-29,31-33H,4-6,11,18,20-23,25H2,1-3H3,(H,46,52)(H,47,50)(H,48,51)/b16-10-/t27-,28-,31?,32+,33-,44+/m0/s1. The quantitative estimate of drug-likeness (QED) is 0.166. The number of Topliss-reactive ketones (excluding diaryl/α,β-unsaturated/α-hetero) is 1. The lowest BCUT2D eigenvalue weighted by molar-refractivity contribution is -0.136. The molecule has 0 bridgehead atoms. The Balaban J connectivity index is 1.14. The van der Waals surface area contributed by atoms with Crippen molar-refractivity contribution in [1.29, 1.82) is 0 Å². The van der Waals surface area contributed by atoms with Crippen molar-refractivity contribution in [3.05, 3.63) is 72.8 Å². The van der Waals surface area contributed by atoms with Gasteiger partial charge < -0.3 is 24.5 Å². The molecule has 306 valence electrons. The molecule has 0 saturated heterocycles. The van der Waals surface area contributed by atoms with E-state index in [2.05, 4.69) is 15.4 Å². The fraction of sp³-hybridized carbons (Fsp3) is 0.477. The van der Waals surface area contributed by atoms with Crippen molar-refractivity contribution in [1.82, 2.24) is 20.3 Å². The molecule has 3 saturated carbocycles. The maximum atomic E-state index is 14.7. The number of rotatable bonds is 7. The van der Waals surface area contributed by atoms with Crippen LogP contribution in [0, 0.1) is 17.8 Å². The van der Waals surface area contributed by atoms with E-state index in [1.807, 2.05) is 66.7 Å². The molecule has 4 aliphatic rings. The first-order chi connectivity index (χ1) is 27.7. The number of carbonyl (C=O) groups is 4. The summed E-state index contributed by atoms with van der Waals surface area (Å²) in [6, 6.07) is 18.1. The number of amides is 3. The third-order valence-electron chi connectivity index (χ3n) is 11.6. The molecule has 3 fully saturated rings. The number of ketones is 1. The van der Waals surface area contributed by atoms with E-state index in [0.717, 1.165) is 23.8 Å². The van der Waals surface area contributed by atoms with E-state index >= 15 is 0 Å². The Kier molecular flexibility index (Phi) is 10.6. The van der Waals surface area contributed by atoms with E-state index < -0.39 is 74.2 Å². The minimum Gasteiger partial charge on any atom is -0.486 e. The number of sulfonamides is 1. The average molecular weight is 811 g/mol. The normalized spacial score (nSPS) is 27.3. The molecular weight excluding hydrogens is 761 g/mol. The molecule has 6 atom stereocenters. The van der Waals surface area contributed by atoms with Crippen molar-refractivity contribution in [3.8, 4) is 17.0 Å². The first-order valence-electron chi connectivity index (χ1n) is 20.3. The number of allylic oxidation sites excluding steroid dienone is 1. The highest BCUT2D eigenvalue weighted by Gasteiger charge is 2.62.